The number of carbonyl (C=O) groups excluding carboxylic acids is 1. The maximum Gasteiger partial charge on any atom is 0.245 e. The fourth-order valence-corrected chi connectivity index (χ4v) is 5.65. The van der Waals surface area contributed by atoms with Crippen LogP contribution >= 0.6 is 0 Å². The van der Waals surface area contributed by atoms with Crippen molar-refractivity contribution in [2.45, 2.75) is 51.2 Å². The van der Waals surface area contributed by atoms with Gasteiger partial charge in [-0.3, -0.25) is 9.79 Å². The van der Waals surface area contributed by atoms with Crippen molar-refractivity contribution in [1.82, 2.24) is 10.2 Å². The molecule has 0 radical (unpaired) electrons. The maximum absolute atomic E-state index is 13.3. The molecule has 1 amide bonds. The summed E-state index contributed by atoms with van der Waals surface area (Å²) >= 11 is 0. The number of amides is 1. The third-order valence-electron chi connectivity index (χ3n) is 7.82. The van der Waals surface area contributed by atoms with Gasteiger partial charge in [0.05, 0.1) is 13.2 Å². The number of fused-ring (bicyclic) bond motifs is 1. The number of benzene rings is 1. The summed E-state index contributed by atoms with van der Waals surface area (Å²) in [4.78, 5) is 22.2. The molecule has 1 saturated heterocycles. The van der Waals surface area contributed by atoms with Crippen LogP contribution < -0.4 is 10.2 Å². The Hall–Kier alpha value is -3.35. The fraction of sp³-hybridized carbons (Fsp3) is 0.448. The lowest BCUT2D eigenvalue weighted by Crippen LogP contribution is -2.48. The lowest BCUT2D eigenvalue weighted by atomic mass is 9.80. The summed E-state index contributed by atoms with van der Waals surface area (Å²) in [6.07, 6.45) is 14.9. The van der Waals surface area contributed by atoms with E-state index in [0.717, 1.165) is 55.9 Å². The number of nitrogens with one attached hydrogen (secondary N) is 1. The van der Waals surface area contributed by atoms with Gasteiger partial charge in [0.25, 0.3) is 0 Å². The van der Waals surface area contributed by atoms with E-state index in [9.17, 15) is 9.18 Å². The van der Waals surface area contributed by atoms with E-state index in [4.69, 9.17) is 9.73 Å². The van der Waals surface area contributed by atoms with Crippen molar-refractivity contribution in [3.05, 3.63) is 78.0 Å². The summed E-state index contributed by atoms with van der Waals surface area (Å²) in [5.41, 5.74) is 2.29. The number of rotatable bonds is 7. The molecule has 3 atom stereocenters. The highest BCUT2D eigenvalue weighted by molar-refractivity contribution is 6.01. The largest absolute Gasteiger partial charge is 0.497 e. The van der Waals surface area contributed by atoms with E-state index in [1.54, 1.807) is 19.3 Å². The fourth-order valence-electron chi connectivity index (χ4n) is 5.65. The molecule has 0 spiro atoms. The molecular weight excluding hydrogens is 455 g/mol. The number of anilines is 1. The first-order chi connectivity index (χ1) is 17.6. The highest BCUT2D eigenvalue weighted by atomic mass is 19.1. The van der Waals surface area contributed by atoms with Gasteiger partial charge in [-0.25, -0.2) is 4.39 Å². The molecule has 1 N–H and O–H groups in total. The zero-order valence-corrected chi connectivity index (χ0v) is 21.1. The highest BCUT2D eigenvalue weighted by Crippen LogP contribution is 2.33. The Bertz CT molecular complexity index is 1110. The smallest absolute Gasteiger partial charge is 0.245 e. The van der Waals surface area contributed by atoms with E-state index in [2.05, 4.69) is 47.5 Å². The van der Waals surface area contributed by atoms with Crippen molar-refractivity contribution in [1.29, 1.82) is 0 Å². The van der Waals surface area contributed by atoms with E-state index in [1.807, 2.05) is 23.3 Å². The van der Waals surface area contributed by atoms with Gasteiger partial charge in [-0.2, -0.15) is 0 Å². The van der Waals surface area contributed by atoms with Gasteiger partial charge in [-0.05, 0) is 73.4 Å². The molecule has 3 heterocycles. The zero-order chi connectivity index (χ0) is 25.1. The molecule has 3 unspecified atom stereocenters. The number of hydrogen-bond donors (Lipinski definition) is 1. The second-order valence-corrected chi connectivity index (χ2v) is 9.94. The number of methoxy groups -OCH3 is 1. The molecule has 1 fully saturated rings. The third-order valence-corrected chi connectivity index (χ3v) is 7.82. The van der Waals surface area contributed by atoms with Crippen molar-refractivity contribution < 1.29 is 13.9 Å². The Morgan fingerprint density at radius 2 is 1.97 bits per heavy atom. The Balaban J connectivity index is 1.12. The molecule has 190 valence electrons. The van der Waals surface area contributed by atoms with E-state index in [-0.39, 0.29) is 23.8 Å². The lowest BCUT2D eigenvalue weighted by Gasteiger charge is -2.36. The van der Waals surface area contributed by atoms with Crippen molar-refractivity contribution in [2.24, 2.45) is 16.8 Å². The van der Waals surface area contributed by atoms with Crippen LogP contribution in [0.4, 0.5) is 10.1 Å². The van der Waals surface area contributed by atoms with Gasteiger partial charge in [-0.15, -0.1) is 0 Å². The molecule has 7 heteroatoms. The Kier molecular flexibility index (Phi) is 7.25. The number of hydrogen-bond acceptors (Lipinski definition) is 5. The van der Waals surface area contributed by atoms with Crippen molar-refractivity contribution in [3.63, 3.8) is 0 Å². The molecule has 1 aliphatic carbocycles. The van der Waals surface area contributed by atoms with E-state index >= 15 is 0 Å². The highest BCUT2D eigenvalue weighted by Gasteiger charge is 2.39. The van der Waals surface area contributed by atoms with Crippen LogP contribution in [0.1, 0.15) is 38.2 Å². The maximum atomic E-state index is 13.3. The Morgan fingerprint density at radius 1 is 1.19 bits per heavy atom. The van der Waals surface area contributed by atoms with Gasteiger partial charge in [0, 0.05) is 37.6 Å². The molecule has 0 saturated carbocycles. The molecule has 5 rings (SSSR count). The van der Waals surface area contributed by atoms with Gasteiger partial charge < -0.3 is 19.9 Å². The van der Waals surface area contributed by atoms with Crippen LogP contribution in [-0.2, 0) is 16.1 Å². The van der Waals surface area contributed by atoms with Crippen LogP contribution in [0, 0.1) is 11.8 Å². The first kappa shape index (κ1) is 24.3. The normalized spacial score (nSPS) is 25.8. The van der Waals surface area contributed by atoms with E-state index < -0.39 is 0 Å². The molecule has 0 bridgehead atoms. The number of allylic oxidation sites excluding steroid dienone is 5. The first-order valence-corrected chi connectivity index (χ1v) is 13.0. The quantitative estimate of drug-likeness (QED) is 0.593. The summed E-state index contributed by atoms with van der Waals surface area (Å²) < 4.78 is 18.6. The number of carbonyl (C=O) groups is 1. The van der Waals surface area contributed by atoms with Gasteiger partial charge in [0.15, 0.2) is 0 Å². The van der Waals surface area contributed by atoms with Crippen molar-refractivity contribution in [3.8, 4) is 0 Å². The molecule has 3 aliphatic heterocycles. The van der Waals surface area contributed by atoms with Crippen molar-refractivity contribution in [2.75, 3.05) is 25.1 Å². The SMILES string of the molecule is CCC1N=C2C=C(OC)C=CN2C1C(=O)NCc1ccc(N2CCC(C3C=CC(F)=CC3)CC2)cc1. The number of amidine groups is 1. The standard InChI is InChI=1S/C29H35FN4O2/c1-3-26-28(34-17-14-25(36-2)18-27(34)32-26)29(35)31-19-20-4-10-24(11-5-20)33-15-12-22(13-16-33)21-6-8-23(30)9-7-21/h4-6,8-11,14,17-18,21-22,26,28H,3,7,12-13,15-16,19H2,1-2H3,(H,31,35). The second-order valence-electron chi connectivity index (χ2n) is 9.94. The average Bonchev–Trinajstić information content (AvgIpc) is 3.30. The average molecular weight is 491 g/mol. The van der Waals surface area contributed by atoms with Crippen LogP contribution in [0.25, 0.3) is 0 Å². The molecule has 0 aromatic heterocycles. The Labute approximate surface area is 212 Å². The van der Waals surface area contributed by atoms with Crippen LogP contribution in [0.2, 0.25) is 0 Å². The number of piperidine rings is 1. The molecule has 1 aromatic rings. The summed E-state index contributed by atoms with van der Waals surface area (Å²) in [5, 5.41) is 3.12. The topological polar surface area (TPSA) is 57.2 Å². The monoisotopic (exact) mass is 490 g/mol. The number of ether oxygens (including phenoxy) is 1. The number of aliphatic imine (C=N–C) groups is 1. The van der Waals surface area contributed by atoms with E-state index in [1.165, 1.54) is 5.69 Å². The lowest BCUT2D eigenvalue weighted by molar-refractivity contribution is -0.124. The third kappa shape index (κ3) is 5.11. The van der Waals surface area contributed by atoms with E-state index in [0.29, 0.717) is 18.4 Å². The van der Waals surface area contributed by atoms with Gasteiger partial charge in [0.2, 0.25) is 5.91 Å². The summed E-state index contributed by atoms with van der Waals surface area (Å²) in [7, 11) is 1.63. The predicted molar refractivity (Wildman–Crippen MR) is 141 cm³/mol. The summed E-state index contributed by atoms with van der Waals surface area (Å²) in [5.74, 6) is 2.48. The second kappa shape index (κ2) is 10.7. The van der Waals surface area contributed by atoms with Crippen molar-refractivity contribution >= 4 is 17.4 Å². The first-order valence-electron chi connectivity index (χ1n) is 13.0. The summed E-state index contributed by atoms with van der Waals surface area (Å²) in [6.45, 7) is 4.57. The van der Waals surface area contributed by atoms with Gasteiger partial charge >= 0.3 is 0 Å². The van der Waals surface area contributed by atoms with Gasteiger partial charge in [0.1, 0.15) is 23.5 Å². The number of halogens is 1. The van der Waals surface area contributed by atoms with Gasteiger partial charge in [-0.1, -0.05) is 25.1 Å². The molecule has 6 nitrogen and oxygen atoms in total. The molecule has 1 aromatic carbocycles. The molecule has 4 aliphatic rings. The van der Waals surface area contributed by atoms with Crippen LogP contribution in [-0.4, -0.2) is 48.9 Å². The predicted octanol–water partition coefficient (Wildman–Crippen LogP) is 4.87. The minimum absolute atomic E-state index is 0.0165. The van der Waals surface area contributed by atoms with Crippen LogP contribution in [0.15, 0.2) is 77.4 Å². The minimum Gasteiger partial charge on any atom is -0.497 e. The van der Waals surface area contributed by atoms with Crippen LogP contribution in [0.5, 0.6) is 0 Å². The Morgan fingerprint density at radius 3 is 2.64 bits per heavy atom. The molecular formula is C29H35FN4O2. The molecule has 36 heavy (non-hydrogen) atoms. The zero-order valence-electron chi connectivity index (χ0n) is 21.1. The minimum atomic E-state index is -0.345. The number of nitrogens with zero attached hydrogens (tertiary/aromatic N) is 3. The van der Waals surface area contributed by atoms with Crippen LogP contribution in [0.3, 0.4) is 0 Å². The summed E-state index contributed by atoms with van der Waals surface area (Å²) in [6, 6.07) is 8.07.